The summed E-state index contributed by atoms with van der Waals surface area (Å²) >= 11 is 2.00. The number of nitrogens with one attached hydrogen (secondary N) is 3. The fraction of sp³-hybridized carbons (Fsp3) is 0.294. The Morgan fingerprint density at radius 2 is 2.08 bits per heavy atom. The van der Waals surface area contributed by atoms with Gasteiger partial charge >= 0.3 is 0 Å². The quantitative estimate of drug-likeness (QED) is 0.295. The van der Waals surface area contributed by atoms with Gasteiger partial charge in [0, 0.05) is 22.7 Å². The number of aromatic nitrogens is 1. The second-order valence-corrected chi connectivity index (χ2v) is 6.90. The number of Topliss-reactive ketones (excluding diaryl/α,β-unsaturated/α-hetero) is 1. The summed E-state index contributed by atoms with van der Waals surface area (Å²) in [5, 5.41) is 23.5. The molecule has 9 heteroatoms. The highest BCUT2D eigenvalue weighted by Crippen LogP contribution is 2.19. The van der Waals surface area contributed by atoms with Gasteiger partial charge in [-0.25, -0.2) is 4.39 Å². The van der Waals surface area contributed by atoms with Crippen molar-refractivity contribution in [3.05, 3.63) is 50.6 Å². The summed E-state index contributed by atoms with van der Waals surface area (Å²) in [7, 11) is 0. The molecule has 0 aliphatic carbocycles. The third-order valence-electron chi connectivity index (χ3n) is 3.62. The van der Waals surface area contributed by atoms with E-state index in [1.54, 1.807) is 12.1 Å². The smallest absolute Gasteiger partial charge is 0.253 e. The summed E-state index contributed by atoms with van der Waals surface area (Å²) in [5.74, 6) is -1.19. The summed E-state index contributed by atoms with van der Waals surface area (Å²) in [5.41, 5.74) is 1.13. The molecule has 5 N–H and O–H groups in total. The summed E-state index contributed by atoms with van der Waals surface area (Å²) in [6.45, 7) is 0.844. The molecule has 26 heavy (non-hydrogen) atoms. The maximum Gasteiger partial charge on any atom is 0.253 e. The van der Waals surface area contributed by atoms with Crippen LogP contribution in [0.3, 0.4) is 0 Å². The molecule has 0 aliphatic heterocycles. The molecular formula is C17H19FIN3O4. The molecule has 2 rings (SSSR count). The van der Waals surface area contributed by atoms with Crippen LogP contribution in [0.4, 0.5) is 10.1 Å². The average Bonchev–Trinajstić information content (AvgIpc) is 3.03. The van der Waals surface area contributed by atoms with Gasteiger partial charge in [-0.05, 0) is 46.9 Å². The normalized spacial score (nSPS) is 11.9. The highest BCUT2D eigenvalue weighted by Gasteiger charge is 2.18. The van der Waals surface area contributed by atoms with Crippen LogP contribution in [0.5, 0.6) is 0 Å². The van der Waals surface area contributed by atoms with Gasteiger partial charge in [0.2, 0.25) is 0 Å². The van der Waals surface area contributed by atoms with Crippen LogP contribution >= 0.6 is 22.6 Å². The predicted molar refractivity (Wildman–Crippen MR) is 103 cm³/mol. The van der Waals surface area contributed by atoms with E-state index in [4.69, 9.17) is 5.11 Å². The number of aliphatic hydroxyl groups is 2. The molecule has 0 bridgehead atoms. The van der Waals surface area contributed by atoms with E-state index < -0.39 is 24.4 Å². The molecule has 0 saturated carbocycles. The van der Waals surface area contributed by atoms with Crippen molar-refractivity contribution in [2.24, 2.45) is 0 Å². The van der Waals surface area contributed by atoms with Gasteiger partial charge in [-0.2, -0.15) is 0 Å². The molecule has 140 valence electrons. The van der Waals surface area contributed by atoms with Crippen molar-refractivity contribution in [2.45, 2.75) is 19.6 Å². The number of halogens is 2. The molecule has 0 radical (unpaired) electrons. The lowest BCUT2D eigenvalue weighted by Gasteiger charge is -2.11. The number of hydrogen-bond donors (Lipinski definition) is 5. The first kappa shape index (κ1) is 20.3. The minimum Gasteiger partial charge on any atom is -0.394 e. The van der Waals surface area contributed by atoms with E-state index in [1.807, 2.05) is 22.6 Å². The molecular weight excluding hydrogens is 456 g/mol. The molecule has 1 heterocycles. The van der Waals surface area contributed by atoms with E-state index in [2.05, 4.69) is 15.6 Å². The van der Waals surface area contributed by atoms with Crippen LogP contribution in [-0.4, -0.2) is 46.1 Å². The Balaban J connectivity index is 2.17. The number of carbonyl (C=O) groups is 2. The number of benzene rings is 1. The number of amides is 1. The van der Waals surface area contributed by atoms with Crippen LogP contribution in [0.2, 0.25) is 0 Å². The third-order valence-corrected chi connectivity index (χ3v) is 4.29. The third kappa shape index (κ3) is 5.26. The Bertz CT molecular complexity index is 809. The van der Waals surface area contributed by atoms with Gasteiger partial charge in [-0.15, -0.1) is 0 Å². The number of hydrogen-bond acceptors (Lipinski definition) is 5. The Labute approximate surface area is 163 Å². The van der Waals surface area contributed by atoms with Gasteiger partial charge in [-0.1, -0.05) is 0 Å². The van der Waals surface area contributed by atoms with Crippen molar-refractivity contribution < 1.29 is 24.2 Å². The Hall–Kier alpha value is -1.98. The number of aromatic amines is 1. The molecule has 1 amide bonds. The fourth-order valence-corrected chi connectivity index (χ4v) is 2.67. The van der Waals surface area contributed by atoms with Crippen LogP contribution in [0.1, 0.15) is 33.5 Å². The summed E-state index contributed by atoms with van der Waals surface area (Å²) < 4.78 is 14.7. The molecule has 0 saturated heterocycles. The average molecular weight is 475 g/mol. The van der Waals surface area contributed by atoms with Gasteiger partial charge in [0.1, 0.15) is 5.82 Å². The number of anilines is 1. The molecule has 1 unspecified atom stereocenters. The lowest BCUT2D eigenvalue weighted by Crippen LogP contribution is -2.34. The van der Waals surface area contributed by atoms with Crippen molar-refractivity contribution in [1.82, 2.24) is 10.3 Å². The van der Waals surface area contributed by atoms with Crippen molar-refractivity contribution in [3.63, 3.8) is 0 Å². The zero-order chi connectivity index (χ0) is 19.3. The van der Waals surface area contributed by atoms with Gasteiger partial charge in [0.05, 0.1) is 36.2 Å². The van der Waals surface area contributed by atoms with E-state index >= 15 is 0 Å². The largest absolute Gasteiger partial charge is 0.394 e. The predicted octanol–water partition coefficient (Wildman–Crippen LogP) is 1.66. The number of carbonyl (C=O) groups excluding carboxylic acids is 2. The lowest BCUT2D eigenvalue weighted by molar-refractivity contribution is 0.0801. The van der Waals surface area contributed by atoms with Crippen LogP contribution < -0.4 is 10.6 Å². The minimum atomic E-state index is -1.08. The molecule has 0 spiro atoms. The van der Waals surface area contributed by atoms with Crippen molar-refractivity contribution in [2.75, 3.05) is 18.5 Å². The first-order valence-electron chi connectivity index (χ1n) is 7.80. The van der Waals surface area contributed by atoms with E-state index in [-0.39, 0.29) is 35.8 Å². The van der Waals surface area contributed by atoms with Crippen LogP contribution in [0.15, 0.2) is 24.3 Å². The Morgan fingerprint density at radius 1 is 1.35 bits per heavy atom. The molecule has 0 fully saturated rings. The van der Waals surface area contributed by atoms with E-state index in [0.29, 0.717) is 5.69 Å². The summed E-state index contributed by atoms with van der Waals surface area (Å²) in [6.07, 6.45) is -1.08. The van der Waals surface area contributed by atoms with Crippen LogP contribution in [0.25, 0.3) is 0 Å². The summed E-state index contributed by atoms with van der Waals surface area (Å²) in [6, 6.07) is 6.11. The number of aliphatic hydroxyl groups excluding tert-OH is 2. The van der Waals surface area contributed by atoms with E-state index in [1.165, 1.54) is 19.1 Å². The monoisotopic (exact) mass is 475 g/mol. The van der Waals surface area contributed by atoms with Gasteiger partial charge in [0.25, 0.3) is 5.91 Å². The fourth-order valence-electron chi connectivity index (χ4n) is 2.22. The maximum absolute atomic E-state index is 13.9. The standard InChI is InChI=1S/C17H19FIN3O4/c1-9(24)15-5-12(17(26)21-6-11(25)8-23)16(22-15)7-20-14-3-2-10(19)4-13(14)18/h2-5,11,20,22-23,25H,6-8H2,1H3,(H,21,26). The highest BCUT2D eigenvalue weighted by molar-refractivity contribution is 14.1. The van der Waals surface area contributed by atoms with Crippen molar-refractivity contribution in [3.8, 4) is 0 Å². The van der Waals surface area contributed by atoms with E-state index in [0.717, 1.165) is 3.57 Å². The maximum atomic E-state index is 13.9. The molecule has 1 atom stereocenters. The number of rotatable bonds is 8. The minimum absolute atomic E-state index is 0.0934. The Morgan fingerprint density at radius 3 is 2.69 bits per heavy atom. The topological polar surface area (TPSA) is 114 Å². The zero-order valence-corrected chi connectivity index (χ0v) is 16.1. The molecule has 0 aliphatic rings. The van der Waals surface area contributed by atoms with Crippen molar-refractivity contribution >= 4 is 40.0 Å². The molecule has 2 aromatic rings. The molecule has 7 nitrogen and oxygen atoms in total. The number of H-pyrrole nitrogens is 1. The van der Waals surface area contributed by atoms with Crippen LogP contribution in [-0.2, 0) is 6.54 Å². The molecule has 1 aromatic carbocycles. The van der Waals surface area contributed by atoms with E-state index in [9.17, 15) is 19.1 Å². The second-order valence-electron chi connectivity index (χ2n) is 5.66. The van der Waals surface area contributed by atoms with Gasteiger partial charge < -0.3 is 25.8 Å². The van der Waals surface area contributed by atoms with Crippen LogP contribution in [0, 0.1) is 9.39 Å². The van der Waals surface area contributed by atoms with Gasteiger partial charge in [-0.3, -0.25) is 9.59 Å². The molecule has 1 aromatic heterocycles. The lowest BCUT2D eigenvalue weighted by atomic mass is 10.2. The number of ketones is 1. The SMILES string of the molecule is CC(=O)c1cc(C(=O)NCC(O)CO)c(CNc2ccc(I)cc2F)[nH]1. The highest BCUT2D eigenvalue weighted by atomic mass is 127. The second kappa shape index (κ2) is 9.10. The Kier molecular flexibility index (Phi) is 7.12. The summed E-state index contributed by atoms with van der Waals surface area (Å²) in [4.78, 5) is 26.8. The van der Waals surface area contributed by atoms with Gasteiger partial charge in [0.15, 0.2) is 5.78 Å². The zero-order valence-electron chi connectivity index (χ0n) is 14.0. The van der Waals surface area contributed by atoms with Crippen molar-refractivity contribution in [1.29, 1.82) is 0 Å². The first-order valence-corrected chi connectivity index (χ1v) is 8.88. The first-order chi connectivity index (χ1) is 12.3.